The Kier molecular flexibility index (Phi) is 5.20. The molecular formula is C15H15N5O2. The number of nitrogens with two attached hydrogens (primary N) is 1. The van der Waals surface area contributed by atoms with E-state index in [-0.39, 0.29) is 12.5 Å². The van der Waals surface area contributed by atoms with Gasteiger partial charge in [-0.3, -0.25) is 14.6 Å². The van der Waals surface area contributed by atoms with E-state index in [1.165, 1.54) is 6.21 Å². The van der Waals surface area contributed by atoms with Gasteiger partial charge in [-0.2, -0.15) is 5.10 Å². The maximum absolute atomic E-state index is 11.6. The van der Waals surface area contributed by atoms with Crippen LogP contribution >= 0.6 is 0 Å². The molecule has 0 unspecified atom stereocenters. The van der Waals surface area contributed by atoms with E-state index in [0.717, 1.165) is 5.56 Å². The number of rotatable bonds is 6. The fourth-order valence-electron chi connectivity index (χ4n) is 1.60. The Hall–Kier alpha value is -3.22. The predicted octanol–water partition coefficient (Wildman–Crippen LogP) is 0.743. The molecule has 0 atom stereocenters. The lowest BCUT2D eigenvalue weighted by Gasteiger charge is -2.05. The van der Waals surface area contributed by atoms with Crippen molar-refractivity contribution < 1.29 is 9.59 Å². The van der Waals surface area contributed by atoms with Crippen molar-refractivity contribution in [3.05, 3.63) is 59.9 Å². The molecule has 0 radical (unpaired) electrons. The number of pyridine rings is 1. The van der Waals surface area contributed by atoms with Gasteiger partial charge < -0.3 is 11.1 Å². The normalized spacial score (nSPS) is 10.4. The van der Waals surface area contributed by atoms with Crippen molar-refractivity contribution in [1.29, 1.82) is 0 Å². The Labute approximate surface area is 127 Å². The maximum Gasteiger partial charge on any atom is 0.259 e. The number of amides is 2. The zero-order valence-corrected chi connectivity index (χ0v) is 11.7. The van der Waals surface area contributed by atoms with Crippen molar-refractivity contribution in [2.75, 3.05) is 11.9 Å². The Morgan fingerprint density at radius 1 is 1.14 bits per heavy atom. The van der Waals surface area contributed by atoms with Gasteiger partial charge in [0.25, 0.3) is 5.91 Å². The van der Waals surface area contributed by atoms with Gasteiger partial charge in [0.1, 0.15) is 0 Å². The first-order chi connectivity index (χ1) is 10.6. The lowest BCUT2D eigenvalue weighted by molar-refractivity contribution is -0.119. The van der Waals surface area contributed by atoms with Crippen molar-refractivity contribution in [3.63, 3.8) is 0 Å². The molecule has 0 spiro atoms. The van der Waals surface area contributed by atoms with Crippen LogP contribution in [0, 0.1) is 0 Å². The highest BCUT2D eigenvalue weighted by Crippen LogP contribution is 2.08. The number of anilines is 1. The topological polar surface area (TPSA) is 109 Å². The summed E-state index contributed by atoms with van der Waals surface area (Å²) in [5.74, 6) is -0.779. The van der Waals surface area contributed by atoms with Crippen LogP contribution < -0.4 is 16.5 Å². The van der Waals surface area contributed by atoms with Gasteiger partial charge in [-0.1, -0.05) is 0 Å². The van der Waals surface area contributed by atoms with E-state index < -0.39 is 5.91 Å². The number of primary amides is 1. The molecule has 7 heteroatoms. The molecule has 0 saturated heterocycles. The highest BCUT2D eigenvalue weighted by Gasteiger charge is 2.01. The molecule has 1 aromatic carbocycles. The van der Waals surface area contributed by atoms with Crippen LogP contribution in [0.1, 0.15) is 15.9 Å². The molecule has 4 N–H and O–H groups in total. The quantitative estimate of drug-likeness (QED) is 0.539. The van der Waals surface area contributed by atoms with Crippen LogP contribution in [-0.4, -0.2) is 29.6 Å². The third kappa shape index (κ3) is 4.71. The minimum absolute atomic E-state index is 0.0591. The predicted molar refractivity (Wildman–Crippen MR) is 83.4 cm³/mol. The number of carbonyl (C=O) groups is 2. The molecule has 0 saturated carbocycles. The third-order valence-electron chi connectivity index (χ3n) is 2.73. The molecule has 2 rings (SSSR count). The molecule has 0 fully saturated rings. The molecule has 0 aliphatic rings. The third-order valence-corrected chi connectivity index (χ3v) is 2.73. The SMILES string of the molecule is NC(=O)c1ccc(NCC(=O)NN=Cc2ccncc2)cc1. The molecule has 7 nitrogen and oxygen atoms in total. The van der Waals surface area contributed by atoms with Gasteiger partial charge in [-0.25, -0.2) is 5.43 Å². The first kappa shape index (κ1) is 15.2. The second kappa shape index (κ2) is 7.53. The summed E-state index contributed by atoms with van der Waals surface area (Å²) in [6, 6.07) is 10.1. The molecule has 2 amide bonds. The van der Waals surface area contributed by atoms with E-state index >= 15 is 0 Å². The Morgan fingerprint density at radius 2 is 1.82 bits per heavy atom. The lowest BCUT2D eigenvalue weighted by Crippen LogP contribution is -2.25. The number of nitrogens with zero attached hydrogens (tertiary/aromatic N) is 2. The lowest BCUT2D eigenvalue weighted by atomic mass is 10.2. The maximum atomic E-state index is 11.6. The summed E-state index contributed by atoms with van der Waals surface area (Å²) in [5, 5.41) is 6.75. The average Bonchev–Trinajstić information content (AvgIpc) is 2.54. The van der Waals surface area contributed by atoms with Gasteiger partial charge in [-0.05, 0) is 42.0 Å². The minimum atomic E-state index is -0.491. The van der Waals surface area contributed by atoms with Crippen LogP contribution in [0.5, 0.6) is 0 Å². The van der Waals surface area contributed by atoms with E-state index in [4.69, 9.17) is 5.73 Å². The van der Waals surface area contributed by atoms with Gasteiger partial charge in [-0.15, -0.1) is 0 Å². The van der Waals surface area contributed by atoms with Crippen LogP contribution in [0.2, 0.25) is 0 Å². The summed E-state index contributed by atoms with van der Waals surface area (Å²) >= 11 is 0. The number of aromatic nitrogens is 1. The first-order valence-electron chi connectivity index (χ1n) is 6.51. The second-order valence-electron chi connectivity index (χ2n) is 4.37. The first-order valence-corrected chi connectivity index (χ1v) is 6.51. The van der Waals surface area contributed by atoms with Crippen molar-refractivity contribution >= 4 is 23.7 Å². The molecule has 1 aromatic heterocycles. The van der Waals surface area contributed by atoms with Gasteiger partial charge in [0.15, 0.2) is 0 Å². The van der Waals surface area contributed by atoms with Gasteiger partial charge in [0, 0.05) is 23.6 Å². The second-order valence-corrected chi connectivity index (χ2v) is 4.37. The van der Waals surface area contributed by atoms with E-state index in [1.807, 2.05) is 0 Å². The van der Waals surface area contributed by atoms with E-state index in [1.54, 1.807) is 48.8 Å². The number of hydrogen-bond acceptors (Lipinski definition) is 5. The number of hydrogen-bond donors (Lipinski definition) is 3. The Morgan fingerprint density at radius 3 is 2.45 bits per heavy atom. The summed E-state index contributed by atoms with van der Waals surface area (Å²) in [4.78, 5) is 26.4. The molecule has 0 aliphatic heterocycles. The fourth-order valence-corrected chi connectivity index (χ4v) is 1.60. The fraction of sp³-hybridized carbons (Fsp3) is 0.0667. The van der Waals surface area contributed by atoms with Gasteiger partial charge in [0.05, 0.1) is 12.8 Å². The average molecular weight is 297 g/mol. The number of nitrogens with one attached hydrogen (secondary N) is 2. The molecule has 2 aromatic rings. The van der Waals surface area contributed by atoms with E-state index in [0.29, 0.717) is 11.3 Å². The monoisotopic (exact) mass is 297 g/mol. The van der Waals surface area contributed by atoms with Crippen molar-refractivity contribution in [3.8, 4) is 0 Å². The number of carbonyl (C=O) groups excluding carboxylic acids is 2. The zero-order chi connectivity index (χ0) is 15.8. The Balaban J connectivity index is 1.78. The minimum Gasteiger partial charge on any atom is -0.376 e. The summed E-state index contributed by atoms with van der Waals surface area (Å²) in [6.07, 6.45) is 4.81. The van der Waals surface area contributed by atoms with Gasteiger partial charge >= 0.3 is 0 Å². The van der Waals surface area contributed by atoms with Crippen LogP contribution in [0.25, 0.3) is 0 Å². The summed E-state index contributed by atoms with van der Waals surface area (Å²) < 4.78 is 0. The van der Waals surface area contributed by atoms with Crippen molar-refractivity contribution in [2.24, 2.45) is 10.8 Å². The van der Waals surface area contributed by atoms with Crippen LogP contribution in [0.15, 0.2) is 53.9 Å². The number of hydrazone groups is 1. The van der Waals surface area contributed by atoms with E-state index in [2.05, 4.69) is 20.8 Å². The molecule has 22 heavy (non-hydrogen) atoms. The smallest absolute Gasteiger partial charge is 0.259 e. The molecule has 0 bridgehead atoms. The van der Waals surface area contributed by atoms with Crippen LogP contribution in [0.4, 0.5) is 5.69 Å². The highest BCUT2D eigenvalue weighted by atomic mass is 16.2. The summed E-state index contributed by atoms with van der Waals surface area (Å²) in [5.41, 5.74) is 9.51. The summed E-state index contributed by atoms with van der Waals surface area (Å²) in [6.45, 7) is 0.0591. The zero-order valence-electron chi connectivity index (χ0n) is 11.7. The van der Waals surface area contributed by atoms with Crippen LogP contribution in [-0.2, 0) is 4.79 Å². The summed E-state index contributed by atoms with van der Waals surface area (Å²) in [7, 11) is 0. The van der Waals surface area contributed by atoms with Crippen molar-refractivity contribution in [1.82, 2.24) is 10.4 Å². The molecular weight excluding hydrogens is 282 g/mol. The molecule has 112 valence electrons. The van der Waals surface area contributed by atoms with Crippen molar-refractivity contribution in [2.45, 2.75) is 0 Å². The van der Waals surface area contributed by atoms with Gasteiger partial charge in [0.2, 0.25) is 5.91 Å². The molecule has 1 heterocycles. The van der Waals surface area contributed by atoms with Crippen LogP contribution in [0.3, 0.4) is 0 Å². The highest BCUT2D eigenvalue weighted by molar-refractivity contribution is 5.93. The number of benzene rings is 1. The standard InChI is InChI=1S/C15H15N5O2/c16-15(22)12-1-3-13(4-2-12)18-10-14(21)20-19-9-11-5-7-17-8-6-11/h1-9,18H,10H2,(H2,16,22)(H,20,21). The largest absolute Gasteiger partial charge is 0.376 e. The molecule has 0 aliphatic carbocycles. The Bertz CT molecular complexity index is 668. The van der Waals surface area contributed by atoms with E-state index in [9.17, 15) is 9.59 Å².